The number of aryl methyl sites for hydroxylation is 1. The quantitative estimate of drug-likeness (QED) is 0.157. The lowest BCUT2D eigenvalue weighted by molar-refractivity contribution is -0.152. The lowest BCUT2D eigenvalue weighted by Crippen LogP contribution is -2.56. The number of nitrogens with two attached hydrogens (primary N) is 1. The molecule has 0 bridgehead atoms. The van der Waals surface area contributed by atoms with E-state index in [1.54, 1.807) is 0 Å². The van der Waals surface area contributed by atoms with Crippen LogP contribution in [0.4, 0.5) is 5.69 Å². The second-order valence-electron chi connectivity index (χ2n) is 14.5. The molecule has 1 aliphatic heterocycles. The first-order valence-corrected chi connectivity index (χ1v) is 16.9. The number of carbonyl (C=O) groups excluding carboxylic acids is 1. The normalized spacial score (nSPS) is 17.0. The number of benzene rings is 3. The number of hydrogen-bond acceptors (Lipinski definition) is 5. The van der Waals surface area contributed by atoms with Crippen molar-refractivity contribution >= 4 is 23.5 Å². The second kappa shape index (κ2) is 14.3. The number of fused-ring (bicyclic) bond motifs is 2. The van der Waals surface area contributed by atoms with E-state index in [4.69, 9.17) is 10.5 Å². The number of carboxylic acid groups (broad SMARTS) is 2. The molecule has 1 aliphatic carbocycles. The third-order valence-corrected chi connectivity index (χ3v) is 10.1. The van der Waals surface area contributed by atoms with Gasteiger partial charge in [0.25, 0.3) is 0 Å². The van der Waals surface area contributed by atoms with Gasteiger partial charge >= 0.3 is 11.9 Å². The van der Waals surface area contributed by atoms with Gasteiger partial charge in [0.15, 0.2) is 0 Å². The highest BCUT2D eigenvalue weighted by Crippen LogP contribution is 2.45. The molecule has 0 radical (unpaired) electrons. The van der Waals surface area contributed by atoms with Crippen LogP contribution in [0.2, 0.25) is 0 Å². The first-order valence-electron chi connectivity index (χ1n) is 16.9. The van der Waals surface area contributed by atoms with Crippen LogP contribution >= 0.6 is 0 Å². The first kappa shape index (κ1) is 34.2. The Labute approximate surface area is 277 Å². The molecule has 8 nitrogen and oxygen atoms in total. The highest BCUT2D eigenvalue weighted by atomic mass is 16.5. The smallest absolute Gasteiger partial charge is 0.324 e. The lowest BCUT2D eigenvalue weighted by atomic mass is 9.71. The van der Waals surface area contributed by atoms with Crippen LogP contribution in [0.25, 0.3) is 0 Å². The number of ether oxygens (including phenoxy) is 1. The molecule has 8 heteroatoms. The SMILES string of the molecule is CC(C)(C)c1ccc(CC[C@@H](CC2CCCCC2)[C@](N)(CC(=O)O)C(=O)O)cc1NC(=O)CC1c2ccccc2Oc2ccccc21. The van der Waals surface area contributed by atoms with Crippen molar-refractivity contribution in [1.82, 2.24) is 0 Å². The third kappa shape index (κ3) is 8.04. The Morgan fingerprint density at radius 2 is 1.53 bits per heavy atom. The Kier molecular flexibility index (Phi) is 10.4. The van der Waals surface area contributed by atoms with E-state index in [1.165, 1.54) is 6.42 Å². The standard InChI is InChI=1S/C39H48N2O6/c1-38(2,3)31-20-18-26(17-19-27(21-25-11-5-4-6-12-25)39(40,37(45)46)24-36(43)44)22-32(31)41-35(42)23-30-28-13-7-9-15-33(28)47-34-16-10-8-14-29(30)34/h7-10,13-16,18,20,22,25,27,30H,4-6,11-12,17,19,21,23-24,40H2,1-3H3,(H,41,42)(H,43,44)(H,45,46)/t27-,39+/m0/s1. The van der Waals surface area contributed by atoms with Crippen LogP contribution in [0.1, 0.15) is 107 Å². The van der Waals surface area contributed by atoms with Crippen molar-refractivity contribution in [3.63, 3.8) is 0 Å². The molecular formula is C39H48N2O6. The summed E-state index contributed by atoms with van der Waals surface area (Å²) < 4.78 is 6.13. The van der Waals surface area contributed by atoms with E-state index in [9.17, 15) is 24.6 Å². The van der Waals surface area contributed by atoms with E-state index in [0.29, 0.717) is 25.2 Å². The fourth-order valence-corrected chi connectivity index (χ4v) is 7.52. The molecule has 1 heterocycles. The highest BCUT2D eigenvalue weighted by molar-refractivity contribution is 5.93. The Hall–Kier alpha value is -4.17. The summed E-state index contributed by atoms with van der Waals surface area (Å²) in [6.45, 7) is 6.30. The molecular weight excluding hydrogens is 592 g/mol. The molecule has 250 valence electrons. The first-order chi connectivity index (χ1) is 22.3. The van der Waals surface area contributed by atoms with Gasteiger partial charge in [-0.2, -0.15) is 0 Å². The lowest BCUT2D eigenvalue weighted by Gasteiger charge is -2.36. The van der Waals surface area contributed by atoms with Crippen LogP contribution in [0.5, 0.6) is 11.5 Å². The number of nitrogens with one attached hydrogen (secondary N) is 1. The molecule has 1 saturated carbocycles. The molecule has 5 N–H and O–H groups in total. The summed E-state index contributed by atoms with van der Waals surface area (Å²) in [5, 5.41) is 23.0. The monoisotopic (exact) mass is 640 g/mol. The second-order valence-corrected chi connectivity index (χ2v) is 14.5. The van der Waals surface area contributed by atoms with Crippen LogP contribution in [0, 0.1) is 11.8 Å². The van der Waals surface area contributed by atoms with E-state index in [1.807, 2.05) is 66.7 Å². The van der Waals surface area contributed by atoms with Crippen LogP contribution in [-0.4, -0.2) is 33.6 Å². The van der Waals surface area contributed by atoms with E-state index in [2.05, 4.69) is 26.1 Å². The number of hydrogen-bond donors (Lipinski definition) is 4. The Morgan fingerprint density at radius 3 is 2.11 bits per heavy atom. The molecule has 0 aromatic heterocycles. The summed E-state index contributed by atoms with van der Waals surface area (Å²) in [4.78, 5) is 38.0. The molecule has 2 aliphatic rings. The molecule has 5 rings (SSSR count). The van der Waals surface area contributed by atoms with Crippen LogP contribution in [0.15, 0.2) is 66.7 Å². The van der Waals surface area contributed by atoms with Gasteiger partial charge in [-0.25, -0.2) is 0 Å². The zero-order chi connectivity index (χ0) is 33.8. The number of carboxylic acids is 2. The Bertz CT molecular complexity index is 1560. The fourth-order valence-electron chi connectivity index (χ4n) is 7.52. The molecule has 0 saturated heterocycles. The highest BCUT2D eigenvalue weighted by Gasteiger charge is 2.44. The summed E-state index contributed by atoms with van der Waals surface area (Å²) in [6, 6.07) is 21.7. The molecule has 0 unspecified atom stereocenters. The van der Waals surface area contributed by atoms with E-state index < -0.39 is 29.8 Å². The van der Waals surface area contributed by atoms with Crippen molar-refractivity contribution in [2.24, 2.45) is 17.6 Å². The molecule has 1 fully saturated rings. The molecule has 1 amide bonds. The summed E-state index contributed by atoms with van der Waals surface area (Å²) >= 11 is 0. The predicted molar refractivity (Wildman–Crippen MR) is 183 cm³/mol. The largest absolute Gasteiger partial charge is 0.481 e. The van der Waals surface area contributed by atoms with Gasteiger partial charge in [0.05, 0.1) is 6.42 Å². The summed E-state index contributed by atoms with van der Waals surface area (Å²) in [7, 11) is 0. The maximum absolute atomic E-state index is 13.8. The third-order valence-electron chi connectivity index (χ3n) is 10.1. The van der Waals surface area contributed by atoms with E-state index in [0.717, 1.165) is 65.1 Å². The van der Waals surface area contributed by atoms with Crippen molar-refractivity contribution in [2.45, 2.75) is 102 Å². The van der Waals surface area contributed by atoms with Crippen molar-refractivity contribution in [3.8, 4) is 11.5 Å². The van der Waals surface area contributed by atoms with Gasteiger partial charge < -0.3 is 26.0 Å². The Morgan fingerprint density at radius 1 is 0.915 bits per heavy atom. The maximum Gasteiger partial charge on any atom is 0.324 e. The van der Waals surface area contributed by atoms with Gasteiger partial charge in [-0.15, -0.1) is 0 Å². The summed E-state index contributed by atoms with van der Waals surface area (Å²) in [6.07, 6.45) is 6.55. The van der Waals surface area contributed by atoms with Gasteiger partial charge in [0.1, 0.15) is 17.0 Å². The molecule has 3 aromatic carbocycles. The number of carbonyl (C=O) groups is 3. The zero-order valence-electron chi connectivity index (χ0n) is 27.8. The molecule has 2 atom stereocenters. The number of anilines is 1. The average Bonchev–Trinajstić information content (AvgIpc) is 3.02. The summed E-state index contributed by atoms with van der Waals surface area (Å²) in [5.41, 5.74) is 8.94. The number of amides is 1. The minimum absolute atomic E-state index is 0.118. The zero-order valence-corrected chi connectivity index (χ0v) is 27.8. The average molecular weight is 641 g/mol. The molecule has 47 heavy (non-hydrogen) atoms. The van der Waals surface area contributed by atoms with Gasteiger partial charge in [0.2, 0.25) is 5.91 Å². The van der Waals surface area contributed by atoms with Crippen LogP contribution in [0.3, 0.4) is 0 Å². The predicted octanol–water partition coefficient (Wildman–Crippen LogP) is 8.03. The number of para-hydroxylation sites is 2. The molecule has 3 aromatic rings. The van der Waals surface area contributed by atoms with Crippen molar-refractivity contribution < 1.29 is 29.3 Å². The summed E-state index contributed by atoms with van der Waals surface area (Å²) in [5.74, 6) is -1.43. The molecule has 0 spiro atoms. The van der Waals surface area contributed by atoms with Gasteiger partial charge in [-0.1, -0.05) is 101 Å². The van der Waals surface area contributed by atoms with E-state index >= 15 is 0 Å². The van der Waals surface area contributed by atoms with Gasteiger partial charge in [-0.3, -0.25) is 14.4 Å². The number of rotatable bonds is 12. The van der Waals surface area contributed by atoms with Gasteiger partial charge in [-0.05, 0) is 65.8 Å². The fraction of sp³-hybridized carbons (Fsp3) is 0.462. The van der Waals surface area contributed by atoms with Crippen molar-refractivity contribution in [3.05, 3.63) is 89.0 Å². The topological polar surface area (TPSA) is 139 Å². The van der Waals surface area contributed by atoms with Crippen molar-refractivity contribution in [1.29, 1.82) is 0 Å². The van der Waals surface area contributed by atoms with E-state index in [-0.39, 0.29) is 23.7 Å². The number of aliphatic carboxylic acids is 2. The maximum atomic E-state index is 13.8. The minimum atomic E-state index is -1.86. The van der Waals surface area contributed by atoms with Crippen LogP contribution < -0.4 is 15.8 Å². The van der Waals surface area contributed by atoms with Gasteiger partial charge in [0, 0.05) is 29.2 Å². The Balaban J connectivity index is 1.38. The van der Waals surface area contributed by atoms with Crippen LogP contribution in [-0.2, 0) is 26.2 Å². The van der Waals surface area contributed by atoms with Crippen molar-refractivity contribution in [2.75, 3.05) is 5.32 Å². The minimum Gasteiger partial charge on any atom is -0.481 e.